The van der Waals surface area contributed by atoms with Crippen molar-refractivity contribution in [3.63, 3.8) is 0 Å². The van der Waals surface area contributed by atoms with E-state index in [1.807, 2.05) is 0 Å². The van der Waals surface area contributed by atoms with Crippen molar-refractivity contribution >= 4 is 0 Å². The summed E-state index contributed by atoms with van der Waals surface area (Å²) in [5.41, 5.74) is 3.13. The van der Waals surface area contributed by atoms with Crippen molar-refractivity contribution in [3.05, 3.63) is 35.4 Å². The predicted octanol–water partition coefficient (Wildman–Crippen LogP) is 4.74. The second kappa shape index (κ2) is 8.46. The van der Waals surface area contributed by atoms with Crippen molar-refractivity contribution < 1.29 is 0 Å². The maximum absolute atomic E-state index is 3.76. The summed E-state index contributed by atoms with van der Waals surface area (Å²) in [5, 5.41) is 3.76. The maximum Gasteiger partial charge on any atom is 0.0111 e. The lowest BCUT2D eigenvalue weighted by Crippen LogP contribution is -2.35. The number of nitrogens with one attached hydrogen (secondary N) is 1. The maximum atomic E-state index is 3.76. The number of hydrogen-bond acceptors (Lipinski definition) is 1. The van der Waals surface area contributed by atoms with Gasteiger partial charge in [0, 0.05) is 6.04 Å². The first kappa shape index (κ1) is 15.6. The van der Waals surface area contributed by atoms with Gasteiger partial charge in [0.15, 0.2) is 0 Å². The summed E-state index contributed by atoms with van der Waals surface area (Å²) >= 11 is 0. The van der Waals surface area contributed by atoms with Crippen LogP contribution in [-0.4, -0.2) is 12.6 Å². The molecule has 1 atom stereocenters. The van der Waals surface area contributed by atoms with E-state index in [0.717, 1.165) is 5.92 Å². The number of unbranched alkanes of at least 4 members (excludes halogenated alkanes) is 3. The quantitative estimate of drug-likeness (QED) is 0.675. The Kier molecular flexibility index (Phi) is 6.59. The molecule has 0 radical (unpaired) electrons. The Balaban J connectivity index is 1.55. The van der Waals surface area contributed by atoms with Crippen molar-refractivity contribution in [1.29, 1.82) is 0 Å². The second-order valence-corrected chi connectivity index (χ2v) is 6.76. The van der Waals surface area contributed by atoms with Crippen molar-refractivity contribution in [2.45, 2.75) is 71.3 Å². The molecule has 0 saturated carbocycles. The zero-order chi connectivity index (χ0) is 14.2. The first-order chi connectivity index (χ1) is 9.75. The van der Waals surface area contributed by atoms with Gasteiger partial charge < -0.3 is 5.32 Å². The van der Waals surface area contributed by atoms with E-state index >= 15 is 0 Å². The van der Waals surface area contributed by atoms with Crippen molar-refractivity contribution in [1.82, 2.24) is 5.32 Å². The molecule has 1 aromatic rings. The predicted molar refractivity (Wildman–Crippen MR) is 88.2 cm³/mol. The van der Waals surface area contributed by atoms with Crippen LogP contribution in [0, 0.1) is 5.92 Å². The number of aryl methyl sites for hydroxylation is 1. The highest BCUT2D eigenvalue weighted by Gasteiger charge is 2.16. The summed E-state index contributed by atoms with van der Waals surface area (Å²) in [6, 6.07) is 9.65. The highest BCUT2D eigenvalue weighted by Crippen LogP contribution is 2.21. The van der Waals surface area contributed by atoms with E-state index in [4.69, 9.17) is 0 Å². The Morgan fingerprint density at radius 1 is 1.05 bits per heavy atom. The number of hydrogen-bond donors (Lipinski definition) is 1. The molecule has 0 spiro atoms. The molecule has 0 heterocycles. The summed E-state index contributed by atoms with van der Waals surface area (Å²) in [5.74, 6) is 0.871. The van der Waals surface area contributed by atoms with Gasteiger partial charge in [-0.25, -0.2) is 0 Å². The molecule has 1 aliphatic carbocycles. The fourth-order valence-corrected chi connectivity index (χ4v) is 3.21. The Morgan fingerprint density at radius 3 is 2.60 bits per heavy atom. The lowest BCUT2D eigenvalue weighted by Gasteiger charge is -2.25. The molecule has 1 aliphatic rings. The largest absolute Gasteiger partial charge is 0.314 e. The molecule has 0 aromatic heterocycles. The average Bonchev–Trinajstić information content (AvgIpc) is 2.46. The fourth-order valence-electron chi connectivity index (χ4n) is 3.21. The molecule has 1 heteroatoms. The zero-order valence-corrected chi connectivity index (χ0v) is 13.3. The van der Waals surface area contributed by atoms with Crippen LogP contribution in [0.1, 0.15) is 63.5 Å². The molecule has 1 unspecified atom stereocenters. The monoisotopic (exact) mass is 273 g/mol. The van der Waals surface area contributed by atoms with Gasteiger partial charge in [-0.05, 0) is 49.3 Å². The number of fused-ring (bicyclic) bond motifs is 1. The Morgan fingerprint density at radius 2 is 1.80 bits per heavy atom. The average molecular weight is 273 g/mol. The van der Waals surface area contributed by atoms with Crippen molar-refractivity contribution in [2.24, 2.45) is 5.92 Å². The molecule has 1 nitrogen and oxygen atoms in total. The third-order valence-electron chi connectivity index (χ3n) is 4.49. The van der Waals surface area contributed by atoms with Crippen LogP contribution in [-0.2, 0) is 12.8 Å². The molecule has 0 bridgehead atoms. The van der Waals surface area contributed by atoms with Crippen LogP contribution in [0.25, 0.3) is 0 Å². The topological polar surface area (TPSA) is 12.0 Å². The Bertz CT molecular complexity index is 383. The van der Waals surface area contributed by atoms with Gasteiger partial charge in [-0.3, -0.25) is 0 Å². The number of rotatable bonds is 8. The molecule has 0 amide bonds. The summed E-state index contributed by atoms with van der Waals surface area (Å²) in [6.45, 7) is 5.85. The number of benzene rings is 1. The van der Waals surface area contributed by atoms with Crippen LogP contribution in [0.3, 0.4) is 0 Å². The van der Waals surface area contributed by atoms with Gasteiger partial charge in [-0.1, -0.05) is 63.8 Å². The third kappa shape index (κ3) is 5.28. The molecular formula is C19H31N. The van der Waals surface area contributed by atoms with Crippen LogP contribution in [0.2, 0.25) is 0 Å². The van der Waals surface area contributed by atoms with E-state index in [1.165, 1.54) is 57.9 Å². The van der Waals surface area contributed by atoms with Crippen LogP contribution in [0.5, 0.6) is 0 Å². The molecule has 0 saturated heterocycles. The Labute approximate surface area is 125 Å². The van der Waals surface area contributed by atoms with E-state index in [2.05, 4.69) is 43.4 Å². The van der Waals surface area contributed by atoms with E-state index in [9.17, 15) is 0 Å². The smallest absolute Gasteiger partial charge is 0.0111 e. The minimum atomic E-state index is 0.709. The second-order valence-electron chi connectivity index (χ2n) is 6.76. The minimum absolute atomic E-state index is 0.709. The van der Waals surface area contributed by atoms with E-state index < -0.39 is 0 Å². The molecular weight excluding hydrogens is 242 g/mol. The minimum Gasteiger partial charge on any atom is -0.314 e. The lowest BCUT2D eigenvalue weighted by molar-refractivity contribution is 0.443. The van der Waals surface area contributed by atoms with Gasteiger partial charge in [0.2, 0.25) is 0 Å². The third-order valence-corrected chi connectivity index (χ3v) is 4.49. The van der Waals surface area contributed by atoms with Crippen LogP contribution >= 0.6 is 0 Å². The standard InChI is InChI=1S/C19H31N/c1-16(2)9-5-3-4-8-14-20-19-13-12-17-10-6-7-11-18(17)15-19/h6-7,10-11,16,19-20H,3-5,8-9,12-15H2,1-2H3. The van der Waals surface area contributed by atoms with Gasteiger partial charge in [-0.15, -0.1) is 0 Å². The highest BCUT2D eigenvalue weighted by atomic mass is 14.9. The van der Waals surface area contributed by atoms with E-state index in [1.54, 1.807) is 11.1 Å². The molecule has 1 N–H and O–H groups in total. The molecule has 112 valence electrons. The van der Waals surface area contributed by atoms with Gasteiger partial charge in [-0.2, -0.15) is 0 Å². The fraction of sp³-hybridized carbons (Fsp3) is 0.684. The molecule has 1 aromatic carbocycles. The zero-order valence-electron chi connectivity index (χ0n) is 13.3. The van der Waals surface area contributed by atoms with Crippen molar-refractivity contribution in [2.75, 3.05) is 6.54 Å². The molecule has 20 heavy (non-hydrogen) atoms. The summed E-state index contributed by atoms with van der Waals surface area (Å²) in [4.78, 5) is 0. The van der Waals surface area contributed by atoms with Crippen LogP contribution in [0.4, 0.5) is 0 Å². The van der Waals surface area contributed by atoms with Gasteiger partial charge in [0.25, 0.3) is 0 Å². The highest BCUT2D eigenvalue weighted by molar-refractivity contribution is 5.30. The normalized spacial score (nSPS) is 18.2. The van der Waals surface area contributed by atoms with Gasteiger partial charge in [0.1, 0.15) is 0 Å². The first-order valence-electron chi connectivity index (χ1n) is 8.56. The molecule has 0 fully saturated rings. The summed E-state index contributed by atoms with van der Waals surface area (Å²) < 4.78 is 0. The first-order valence-corrected chi connectivity index (χ1v) is 8.56. The molecule has 2 rings (SSSR count). The van der Waals surface area contributed by atoms with Crippen LogP contribution < -0.4 is 5.32 Å². The lowest BCUT2D eigenvalue weighted by atomic mass is 9.88. The molecule has 0 aliphatic heterocycles. The van der Waals surface area contributed by atoms with E-state index in [-0.39, 0.29) is 0 Å². The summed E-state index contributed by atoms with van der Waals surface area (Å²) in [7, 11) is 0. The van der Waals surface area contributed by atoms with Crippen molar-refractivity contribution in [3.8, 4) is 0 Å². The Hall–Kier alpha value is -0.820. The van der Waals surface area contributed by atoms with Gasteiger partial charge in [0.05, 0.1) is 0 Å². The van der Waals surface area contributed by atoms with E-state index in [0.29, 0.717) is 6.04 Å². The SMILES string of the molecule is CC(C)CCCCCCNC1CCc2ccccc2C1. The summed E-state index contributed by atoms with van der Waals surface area (Å²) in [6.07, 6.45) is 10.7. The van der Waals surface area contributed by atoms with Crippen LogP contribution in [0.15, 0.2) is 24.3 Å². The van der Waals surface area contributed by atoms with Gasteiger partial charge >= 0.3 is 0 Å².